The molecule has 5 nitrogen and oxygen atoms in total. The second-order valence-corrected chi connectivity index (χ2v) is 4.66. The number of rotatable bonds is 3. The Morgan fingerprint density at radius 3 is 2.76 bits per heavy atom. The molecule has 0 aliphatic rings. The van der Waals surface area contributed by atoms with Crippen LogP contribution in [0, 0.1) is 0 Å². The normalized spacial score (nSPS) is 11.7. The fourth-order valence-electron chi connectivity index (χ4n) is 1.62. The summed E-state index contributed by atoms with van der Waals surface area (Å²) < 4.78 is 1.64. The van der Waals surface area contributed by atoms with Crippen molar-refractivity contribution in [2.75, 3.05) is 5.73 Å². The van der Waals surface area contributed by atoms with Crippen molar-refractivity contribution in [2.45, 2.75) is 26.0 Å². The zero-order valence-corrected chi connectivity index (χ0v) is 9.96. The van der Waals surface area contributed by atoms with Crippen LogP contribution >= 0.6 is 0 Å². The van der Waals surface area contributed by atoms with Crippen LogP contribution in [-0.4, -0.2) is 25.5 Å². The van der Waals surface area contributed by atoms with Crippen LogP contribution < -0.4 is 5.73 Å². The van der Waals surface area contributed by atoms with E-state index in [0.29, 0.717) is 17.9 Å². The summed E-state index contributed by atoms with van der Waals surface area (Å²) in [7, 11) is 0. The summed E-state index contributed by atoms with van der Waals surface area (Å²) in [5.74, 6) is 0. The molecule has 0 bridgehead atoms. The molecule has 0 saturated heterocycles. The summed E-state index contributed by atoms with van der Waals surface area (Å²) in [5, 5.41) is 14.1. The maximum absolute atomic E-state index is 9.72. The van der Waals surface area contributed by atoms with Gasteiger partial charge in [0, 0.05) is 12.4 Å². The Morgan fingerprint density at radius 1 is 1.41 bits per heavy atom. The van der Waals surface area contributed by atoms with Crippen molar-refractivity contribution < 1.29 is 5.11 Å². The molecule has 90 valence electrons. The van der Waals surface area contributed by atoms with Crippen molar-refractivity contribution in [3.8, 4) is 11.4 Å². The highest BCUT2D eigenvalue weighted by molar-refractivity contribution is 5.68. The van der Waals surface area contributed by atoms with Gasteiger partial charge in [0.05, 0.1) is 23.5 Å². The molecule has 0 aliphatic heterocycles. The number of anilines is 1. The molecule has 2 rings (SSSR count). The summed E-state index contributed by atoms with van der Waals surface area (Å²) in [6.45, 7) is 3.85. The molecule has 2 aromatic rings. The molecule has 0 aliphatic carbocycles. The van der Waals surface area contributed by atoms with Gasteiger partial charge in [0.2, 0.25) is 0 Å². The highest BCUT2D eigenvalue weighted by atomic mass is 16.3. The van der Waals surface area contributed by atoms with Crippen LogP contribution in [0.3, 0.4) is 0 Å². The lowest BCUT2D eigenvalue weighted by Gasteiger charge is -2.16. The van der Waals surface area contributed by atoms with E-state index < -0.39 is 5.60 Å². The molecule has 0 fully saturated rings. The molecule has 2 heterocycles. The van der Waals surface area contributed by atoms with Gasteiger partial charge in [-0.25, -0.2) is 0 Å². The fourth-order valence-corrected chi connectivity index (χ4v) is 1.62. The van der Waals surface area contributed by atoms with Gasteiger partial charge in [-0.3, -0.25) is 9.67 Å². The van der Waals surface area contributed by atoms with Crippen LogP contribution in [0.5, 0.6) is 0 Å². The van der Waals surface area contributed by atoms with Crippen LogP contribution in [-0.2, 0) is 6.54 Å². The van der Waals surface area contributed by atoms with Crippen LogP contribution in [0.4, 0.5) is 5.69 Å². The van der Waals surface area contributed by atoms with E-state index in [4.69, 9.17) is 5.73 Å². The number of nitrogens with zero attached hydrogens (tertiary/aromatic N) is 3. The summed E-state index contributed by atoms with van der Waals surface area (Å²) in [6.07, 6.45) is 3.41. The van der Waals surface area contributed by atoms with Crippen molar-refractivity contribution in [3.05, 3.63) is 30.6 Å². The topological polar surface area (TPSA) is 77.0 Å². The highest BCUT2D eigenvalue weighted by Gasteiger charge is 2.16. The largest absolute Gasteiger partial charge is 0.396 e. The molecule has 0 radical (unpaired) electrons. The van der Waals surface area contributed by atoms with Crippen LogP contribution in [0.1, 0.15) is 13.8 Å². The number of hydrogen-bond donors (Lipinski definition) is 2. The van der Waals surface area contributed by atoms with Gasteiger partial charge in [-0.1, -0.05) is 6.07 Å². The maximum Gasteiger partial charge on any atom is 0.134 e. The van der Waals surface area contributed by atoms with E-state index >= 15 is 0 Å². The minimum Gasteiger partial charge on any atom is -0.396 e. The van der Waals surface area contributed by atoms with E-state index in [9.17, 15) is 5.11 Å². The highest BCUT2D eigenvalue weighted by Crippen LogP contribution is 2.22. The van der Waals surface area contributed by atoms with Crippen molar-refractivity contribution in [1.29, 1.82) is 0 Å². The van der Waals surface area contributed by atoms with Crippen molar-refractivity contribution in [3.63, 3.8) is 0 Å². The van der Waals surface area contributed by atoms with E-state index in [2.05, 4.69) is 10.1 Å². The number of nitrogens with two attached hydrogens (primary N) is 1. The average Bonchev–Trinajstić information content (AvgIpc) is 2.58. The maximum atomic E-state index is 9.72. The SMILES string of the molecule is CC(C)(O)Cn1cc(N)c(-c2ccccn2)n1. The smallest absolute Gasteiger partial charge is 0.134 e. The van der Waals surface area contributed by atoms with Gasteiger partial charge in [-0.05, 0) is 26.0 Å². The monoisotopic (exact) mass is 232 g/mol. The van der Waals surface area contributed by atoms with Crippen molar-refractivity contribution in [2.24, 2.45) is 0 Å². The number of aliphatic hydroxyl groups is 1. The lowest BCUT2D eigenvalue weighted by atomic mass is 10.1. The third-order valence-electron chi connectivity index (χ3n) is 2.25. The predicted molar refractivity (Wildman–Crippen MR) is 66.2 cm³/mol. The Balaban J connectivity index is 2.32. The lowest BCUT2D eigenvalue weighted by Crippen LogP contribution is -2.26. The zero-order valence-electron chi connectivity index (χ0n) is 9.96. The number of pyridine rings is 1. The molecule has 5 heteroatoms. The van der Waals surface area contributed by atoms with Crippen LogP contribution in [0.2, 0.25) is 0 Å². The average molecular weight is 232 g/mol. The first-order valence-corrected chi connectivity index (χ1v) is 5.42. The molecule has 17 heavy (non-hydrogen) atoms. The first-order chi connectivity index (χ1) is 7.96. The lowest BCUT2D eigenvalue weighted by molar-refractivity contribution is 0.0578. The first kappa shape index (κ1) is 11.6. The summed E-state index contributed by atoms with van der Waals surface area (Å²) in [6, 6.07) is 5.58. The zero-order chi connectivity index (χ0) is 12.5. The molecule has 0 aromatic carbocycles. The number of nitrogen functional groups attached to an aromatic ring is 1. The van der Waals surface area contributed by atoms with E-state index in [1.807, 2.05) is 18.2 Å². The third-order valence-corrected chi connectivity index (χ3v) is 2.25. The van der Waals surface area contributed by atoms with Gasteiger partial charge in [0.1, 0.15) is 5.69 Å². The Hall–Kier alpha value is -1.88. The van der Waals surface area contributed by atoms with E-state index in [-0.39, 0.29) is 0 Å². The molecule has 0 spiro atoms. The predicted octanol–water partition coefficient (Wildman–Crippen LogP) is 1.30. The molecule has 3 N–H and O–H groups in total. The van der Waals surface area contributed by atoms with Gasteiger partial charge in [0.25, 0.3) is 0 Å². The van der Waals surface area contributed by atoms with Crippen LogP contribution in [0.25, 0.3) is 11.4 Å². The first-order valence-electron chi connectivity index (χ1n) is 5.42. The summed E-state index contributed by atoms with van der Waals surface area (Å²) >= 11 is 0. The Kier molecular flexibility index (Phi) is 2.85. The molecule has 0 saturated carbocycles. The second-order valence-electron chi connectivity index (χ2n) is 4.66. The van der Waals surface area contributed by atoms with E-state index in [1.165, 1.54) is 0 Å². The minimum absolute atomic E-state index is 0.393. The summed E-state index contributed by atoms with van der Waals surface area (Å²) in [4.78, 5) is 4.20. The number of aromatic nitrogens is 3. The van der Waals surface area contributed by atoms with E-state index in [0.717, 1.165) is 5.69 Å². The van der Waals surface area contributed by atoms with Crippen molar-refractivity contribution >= 4 is 5.69 Å². The van der Waals surface area contributed by atoms with Gasteiger partial charge in [-0.15, -0.1) is 0 Å². The van der Waals surface area contributed by atoms with Crippen LogP contribution in [0.15, 0.2) is 30.6 Å². The third kappa shape index (κ3) is 2.82. The Morgan fingerprint density at radius 2 is 2.18 bits per heavy atom. The van der Waals surface area contributed by atoms with Gasteiger partial charge >= 0.3 is 0 Å². The van der Waals surface area contributed by atoms with E-state index in [1.54, 1.807) is 30.9 Å². The van der Waals surface area contributed by atoms with Gasteiger partial charge in [0.15, 0.2) is 0 Å². The molecular weight excluding hydrogens is 216 g/mol. The van der Waals surface area contributed by atoms with Crippen molar-refractivity contribution in [1.82, 2.24) is 14.8 Å². The van der Waals surface area contributed by atoms with Gasteiger partial charge in [-0.2, -0.15) is 5.10 Å². The quantitative estimate of drug-likeness (QED) is 0.836. The molecule has 0 amide bonds. The molecule has 2 aromatic heterocycles. The number of hydrogen-bond acceptors (Lipinski definition) is 4. The molecular formula is C12H16N4O. The minimum atomic E-state index is -0.820. The fraction of sp³-hybridized carbons (Fsp3) is 0.333. The molecule has 0 unspecified atom stereocenters. The summed E-state index contributed by atoms with van der Waals surface area (Å²) in [5.41, 5.74) is 7.01. The van der Waals surface area contributed by atoms with Gasteiger partial charge < -0.3 is 10.8 Å². The molecule has 0 atom stereocenters. The Bertz CT molecular complexity index is 499. The standard InChI is InChI=1S/C12H16N4O/c1-12(2,17)8-16-7-9(13)11(15-16)10-5-3-4-6-14-10/h3-7,17H,8,13H2,1-2H3. The second kappa shape index (κ2) is 4.18. The Labute approximate surface area is 99.9 Å².